The van der Waals surface area contributed by atoms with Crippen LogP contribution in [0.5, 0.6) is 5.75 Å². The Bertz CT molecular complexity index is 939. The molecule has 0 heterocycles. The number of fused-ring (bicyclic) bond motifs is 3. The summed E-state index contributed by atoms with van der Waals surface area (Å²) in [6.07, 6.45) is 1.32. The van der Waals surface area contributed by atoms with Crippen molar-refractivity contribution in [1.82, 2.24) is 0 Å². The van der Waals surface area contributed by atoms with E-state index < -0.39 is 10.1 Å². The van der Waals surface area contributed by atoms with Crippen LogP contribution in [0.25, 0.3) is 21.5 Å². The molecule has 22 heavy (non-hydrogen) atoms. The van der Waals surface area contributed by atoms with E-state index in [0.717, 1.165) is 21.5 Å². The van der Waals surface area contributed by atoms with E-state index in [1.54, 1.807) is 12.1 Å². The fourth-order valence-corrected chi connectivity index (χ4v) is 3.17. The maximum absolute atomic E-state index is 11.8. The van der Waals surface area contributed by atoms with Crippen LogP contribution in [-0.4, -0.2) is 14.2 Å². The predicted octanol–water partition coefficient (Wildman–Crippen LogP) is 1.00. The molecule has 0 saturated carbocycles. The number of hydrogen-bond acceptors (Lipinski definition) is 3. The average molecular weight is 385 g/mol. The molecule has 0 radical (unpaired) electrons. The Hall–Kier alpha value is -0.525. The van der Waals surface area contributed by atoms with Gasteiger partial charge in [-0.15, -0.1) is 6.58 Å². The topological polar surface area (TPSA) is 43.4 Å². The van der Waals surface area contributed by atoms with Crippen LogP contribution in [0.4, 0.5) is 0 Å². The van der Waals surface area contributed by atoms with Gasteiger partial charge in [0.1, 0.15) is 11.5 Å². The van der Waals surface area contributed by atoms with Gasteiger partial charge in [0.05, 0.1) is 0 Å². The quantitative estimate of drug-likeness (QED) is 0.383. The van der Waals surface area contributed by atoms with Crippen molar-refractivity contribution in [2.75, 3.05) is 5.75 Å². The standard InChI is InChI=1S/C17H14O3S.Rb.H/c1-2-12-21(18,19)20-17-9-5-8-15-14-7-4-3-6-13(14)10-11-16(15)17;;/h2-11H,1,12H2;;/q;+1;-1. The molecule has 0 aliphatic rings. The molecule has 5 heteroatoms. The molecule has 0 bridgehead atoms. The van der Waals surface area contributed by atoms with Gasteiger partial charge in [0.15, 0.2) is 0 Å². The Labute approximate surface area is 180 Å². The van der Waals surface area contributed by atoms with Crippen LogP contribution in [-0.2, 0) is 10.1 Å². The molecule has 108 valence electrons. The van der Waals surface area contributed by atoms with E-state index in [0.29, 0.717) is 5.75 Å². The molecule has 0 aromatic heterocycles. The Kier molecular flexibility index (Phi) is 5.97. The third kappa shape index (κ3) is 3.68. The van der Waals surface area contributed by atoms with Crippen LogP contribution in [0.1, 0.15) is 1.43 Å². The second kappa shape index (κ2) is 7.36. The van der Waals surface area contributed by atoms with E-state index in [9.17, 15) is 8.42 Å². The molecule has 3 rings (SSSR count). The van der Waals surface area contributed by atoms with Gasteiger partial charge in [-0.25, -0.2) is 0 Å². The maximum atomic E-state index is 11.8. The molecule has 0 unspecified atom stereocenters. The molecule has 3 aromatic carbocycles. The summed E-state index contributed by atoms with van der Waals surface area (Å²) in [5.74, 6) is 0.136. The zero-order valence-electron chi connectivity index (χ0n) is 13.3. The number of hydrogen-bond donors (Lipinski definition) is 0. The molecule has 0 aliphatic carbocycles. The smallest absolute Gasteiger partial charge is 1.00 e. The third-order valence-electron chi connectivity index (χ3n) is 3.29. The van der Waals surface area contributed by atoms with Crippen molar-refractivity contribution in [2.24, 2.45) is 0 Å². The summed E-state index contributed by atoms with van der Waals surface area (Å²) in [4.78, 5) is 0. The van der Waals surface area contributed by atoms with E-state index >= 15 is 0 Å². The van der Waals surface area contributed by atoms with Gasteiger partial charge in [0.25, 0.3) is 0 Å². The summed E-state index contributed by atoms with van der Waals surface area (Å²) in [7, 11) is -3.65. The molecule has 0 amide bonds. The van der Waals surface area contributed by atoms with Gasteiger partial charge in [-0.3, -0.25) is 0 Å². The van der Waals surface area contributed by atoms with E-state index in [1.165, 1.54) is 6.08 Å². The van der Waals surface area contributed by atoms with Crippen LogP contribution < -0.4 is 62.4 Å². The largest absolute Gasteiger partial charge is 1.00 e. The second-order valence-corrected chi connectivity index (χ2v) is 6.35. The summed E-state index contributed by atoms with van der Waals surface area (Å²) in [5, 5.41) is 3.93. The Morgan fingerprint density at radius 3 is 2.45 bits per heavy atom. The number of benzene rings is 3. The first-order valence-electron chi connectivity index (χ1n) is 6.54. The normalized spacial score (nSPS) is 11.1. The van der Waals surface area contributed by atoms with Crippen molar-refractivity contribution in [1.29, 1.82) is 0 Å². The molecule has 0 spiro atoms. The molecule has 0 N–H and O–H groups in total. The monoisotopic (exact) mass is 384 g/mol. The molecular formula is C17H15O3RbS. The van der Waals surface area contributed by atoms with Crippen LogP contribution in [0.15, 0.2) is 67.3 Å². The van der Waals surface area contributed by atoms with Gasteiger partial charge in [0, 0.05) is 5.39 Å². The summed E-state index contributed by atoms with van der Waals surface area (Å²) in [6, 6.07) is 17.3. The van der Waals surface area contributed by atoms with Gasteiger partial charge in [-0.05, 0) is 28.3 Å². The maximum Gasteiger partial charge on any atom is 1.00 e. The fourth-order valence-electron chi connectivity index (χ4n) is 2.40. The molecule has 0 fully saturated rings. The van der Waals surface area contributed by atoms with Crippen molar-refractivity contribution in [3.8, 4) is 5.75 Å². The van der Waals surface area contributed by atoms with Crippen molar-refractivity contribution in [2.45, 2.75) is 0 Å². The summed E-state index contributed by atoms with van der Waals surface area (Å²) in [6.45, 7) is 3.43. The van der Waals surface area contributed by atoms with Crippen molar-refractivity contribution in [3.05, 3.63) is 67.3 Å². The molecule has 0 aliphatic heterocycles. The molecule has 0 atom stereocenters. The summed E-state index contributed by atoms with van der Waals surface area (Å²) in [5.41, 5.74) is 0. The van der Waals surface area contributed by atoms with Crippen LogP contribution in [0, 0.1) is 0 Å². The molecular weight excluding hydrogens is 370 g/mol. The minimum absolute atomic E-state index is 0. The zero-order valence-corrected chi connectivity index (χ0v) is 18.1. The predicted molar refractivity (Wildman–Crippen MR) is 87.2 cm³/mol. The number of rotatable bonds is 4. The van der Waals surface area contributed by atoms with Crippen LogP contribution in [0.2, 0.25) is 0 Å². The SMILES string of the molecule is C=CCS(=O)(=O)Oc1cccc2c1ccc1ccccc12.[H-].[Rb+]. The van der Waals surface area contributed by atoms with Crippen molar-refractivity contribution >= 4 is 31.7 Å². The van der Waals surface area contributed by atoms with Gasteiger partial charge < -0.3 is 5.61 Å². The molecule has 3 aromatic rings. The average Bonchev–Trinajstić information content (AvgIpc) is 2.47. The van der Waals surface area contributed by atoms with Gasteiger partial charge in [-0.2, -0.15) is 8.42 Å². The van der Waals surface area contributed by atoms with E-state index in [4.69, 9.17) is 4.18 Å². The molecule has 3 nitrogen and oxygen atoms in total. The summed E-state index contributed by atoms with van der Waals surface area (Å²) < 4.78 is 28.8. The van der Waals surface area contributed by atoms with Gasteiger partial charge >= 0.3 is 68.3 Å². The minimum Gasteiger partial charge on any atom is -1.00 e. The molecule has 0 saturated heterocycles. The van der Waals surface area contributed by atoms with E-state index in [2.05, 4.69) is 6.58 Å². The first-order valence-corrected chi connectivity index (χ1v) is 8.12. The Morgan fingerprint density at radius 2 is 1.68 bits per heavy atom. The van der Waals surface area contributed by atoms with Crippen LogP contribution in [0.3, 0.4) is 0 Å². The van der Waals surface area contributed by atoms with Gasteiger partial charge in [0.2, 0.25) is 0 Å². The second-order valence-electron chi connectivity index (χ2n) is 4.73. The first-order chi connectivity index (χ1) is 10.1. The van der Waals surface area contributed by atoms with Crippen molar-refractivity contribution < 1.29 is 72.2 Å². The van der Waals surface area contributed by atoms with Crippen LogP contribution >= 0.6 is 0 Å². The third-order valence-corrected chi connectivity index (χ3v) is 4.36. The first kappa shape index (κ1) is 17.8. The van der Waals surface area contributed by atoms with E-state index in [-0.39, 0.29) is 65.4 Å². The Balaban J connectivity index is 0.00000132. The van der Waals surface area contributed by atoms with E-state index in [1.807, 2.05) is 42.5 Å². The Morgan fingerprint density at radius 1 is 0.955 bits per heavy atom. The van der Waals surface area contributed by atoms with Crippen molar-refractivity contribution in [3.63, 3.8) is 0 Å². The zero-order chi connectivity index (χ0) is 14.9. The fraction of sp³-hybridized carbons (Fsp3) is 0.0588. The minimum atomic E-state index is -3.65. The van der Waals surface area contributed by atoms with Gasteiger partial charge in [-0.1, -0.05) is 48.5 Å². The summed E-state index contributed by atoms with van der Waals surface area (Å²) >= 11 is 0.